The number of sulfonamides is 1. The Morgan fingerprint density at radius 2 is 2.00 bits per heavy atom. The maximum atomic E-state index is 13.1. The van der Waals surface area contributed by atoms with E-state index in [1.54, 1.807) is 42.9 Å². The molecule has 10 heteroatoms. The SMILES string of the molecule is COc1ccc(C=NNc2nc(-c3cccc(S(=O)(=O)N4CCCC(C)C4)c3)cs2)cc1OC. The van der Waals surface area contributed by atoms with Gasteiger partial charge in [-0.15, -0.1) is 11.3 Å². The van der Waals surface area contributed by atoms with Gasteiger partial charge < -0.3 is 9.47 Å². The lowest BCUT2D eigenvalue weighted by Crippen LogP contribution is -2.39. The molecule has 0 amide bonds. The van der Waals surface area contributed by atoms with Crippen molar-refractivity contribution in [1.82, 2.24) is 9.29 Å². The second-order valence-corrected chi connectivity index (χ2v) is 11.0. The number of piperidine rings is 1. The van der Waals surface area contributed by atoms with Gasteiger partial charge in [-0.3, -0.25) is 5.43 Å². The molecule has 0 aliphatic carbocycles. The molecule has 8 nitrogen and oxygen atoms in total. The van der Waals surface area contributed by atoms with Crippen LogP contribution in [0, 0.1) is 5.92 Å². The van der Waals surface area contributed by atoms with Gasteiger partial charge in [0.25, 0.3) is 0 Å². The summed E-state index contributed by atoms with van der Waals surface area (Å²) in [5, 5.41) is 6.73. The van der Waals surface area contributed by atoms with Crippen LogP contribution < -0.4 is 14.9 Å². The Morgan fingerprint density at radius 3 is 2.76 bits per heavy atom. The second kappa shape index (κ2) is 10.5. The highest BCUT2D eigenvalue weighted by molar-refractivity contribution is 7.89. The first-order valence-corrected chi connectivity index (χ1v) is 13.3. The van der Waals surface area contributed by atoms with E-state index in [2.05, 4.69) is 22.4 Å². The summed E-state index contributed by atoms with van der Waals surface area (Å²) in [6.07, 6.45) is 3.62. The van der Waals surface area contributed by atoms with Crippen LogP contribution >= 0.6 is 11.3 Å². The van der Waals surface area contributed by atoms with Crippen LogP contribution in [0.15, 0.2) is 57.8 Å². The topological polar surface area (TPSA) is 93.1 Å². The summed E-state index contributed by atoms with van der Waals surface area (Å²) in [5.74, 6) is 1.64. The van der Waals surface area contributed by atoms with Gasteiger partial charge in [0.15, 0.2) is 11.5 Å². The third kappa shape index (κ3) is 5.40. The number of hydrogen-bond acceptors (Lipinski definition) is 8. The number of anilines is 1. The molecule has 1 N–H and O–H groups in total. The van der Waals surface area contributed by atoms with Crippen LogP contribution in [0.1, 0.15) is 25.3 Å². The Bertz CT molecular complexity index is 1270. The van der Waals surface area contributed by atoms with Crippen molar-refractivity contribution in [2.45, 2.75) is 24.7 Å². The summed E-state index contributed by atoms with van der Waals surface area (Å²) < 4.78 is 38.4. The summed E-state index contributed by atoms with van der Waals surface area (Å²) in [7, 11) is -0.349. The molecule has 34 heavy (non-hydrogen) atoms. The summed E-state index contributed by atoms with van der Waals surface area (Å²) in [4.78, 5) is 4.86. The van der Waals surface area contributed by atoms with Crippen LogP contribution in [0.2, 0.25) is 0 Å². The monoisotopic (exact) mass is 500 g/mol. The molecule has 2 aromatic carbocycles. The van der Waals surface area contributed by atoms with Crippen molar-refractivity contribution in [3.63, 3.8) is 0 Å². The van der Waals surface area contributed by atoms with E-state index in [4.69, 9.17) is 9.47 Å². The van der Waals surface area contributed by atoms with Gasteiger partial charge in [0, 0.05) is 24.0 Å². The van der Waals surface area contributed by atoms with E-state index in [0.29, 0.717) is 46.2 Å². The van der Waals surface area contributed by atoms with E-state index in [-0.39, 0.29) is 0 Å². The Hall–Kier alpha value is -2.95. The molecule has 1 saturated heterocycles. The Kier molecular flexibility index (Phi) is 7.50. The number of methoxy groups -OCH3 is 2. The van der Waals surface area contributed by atoms with E-state index in [0.717, 1.165) is 24.0 Å². The molecule has 1 aliphatic rings. The standard InChI is InChI=1S/C24H28N4O4S2/c1-17-6-5-11-28(15-17)34(29,30)20-8-4-7-19(13-20)21-16-33-24(26-21)27-25-14-18-9-10-22(31-2)23(12-18)32-3/h4,7-10,12-14,16-17H,5-6,11,15H2,1-3H3,(H,26,27). The average molecular weight is 501 g/mol. The van der Waals surface area contributed by atoms with Gasteiger partial charge in [-0.05, 0) is 54.7 Å². The fraction of sp³-hybridized carbons (Fsp3) is 0.333. The van der Waals surface area contributed by atoms with Gasteiger partial charge in [-0.2, -0.15) is 9.41 Å². The third-order valence-corrected chi connectivity index (χ3v) is 8.28. The van der Waals surface area contributed by atoms with Crippen LogP contribution in [0.25, 0.3) is 11.3 Å². The third-order valence-electron chi connectivity index (χ3n) is 5.67. The smallest absolute Gasteiger partial charge is 0.243 e. The van der Waals surface area contributed by atoms with Crippen molar-refractivity contribution < 1.29 is 17.9 Å². The number of hydrazone groups is 1. The first-order valence-electron chi connectivity index (χ1n) is 11.0. The van der Waals surface area contributed by atoms with E-state index in [9.17, 15) is 8.42 Å². The van der Waals surface area contributed by atoms with Crippen molar-refractivity contribution in [1.29, 1.82) is 0 Å². The highest BCUT2D eigenvalue weighted by atomic mass is 32.2. The number of ether oxygens (including phenoxy) is 2. The van der Waals surface area contributed by atoms with Gasteiger partial charge >= 0.3 is 0 Å². The summed E-state index contributed by atoms with van der Waals surface area (Å²) in [6.45, 7) is 3.23. The predicted octanol–water partition coefficient (Wildman–Crippen LogP) is 4.69. The normalized spacial score (nSPS) is 17.1. The predicted molar refractivity (Wildman–Crippen MR) is 135 cm³/mol. The molecule has 0 spiro atoms. The molecular formula is C24H28N4O4S2. The number of hydrogen-bond donors (Lipinski definition) is 1. The molecule has 2 heterocycles. The summed E-state index contributed by atoms with van der Waals surface area (Å²) >= 11 is 1.39. The molecule has 3 aromatic rings. The molecular weight excluding hydrogens is 472 g/mol. The molecule has 1 aromatic heterocycles. The molecule has 180 valence electrons. The van der Waals surface area contributed by atoms with Gasteiger partial charge in [-0.1, -0.05) is 19.1 Å². The zero-order valence-electron chi connectivity index (χ0n) is 19.4. The summed E-state index contributed by atoms with van der Waals surface area (Å²) in [5.41, 5.74) is 5.21. The second-order valence-electron chi connectivity index (χ2n) is 8.16. The lowest BCUT2D eigenvalue weighted by molar-refractivity contribution is 0.281. The van der Waals surface area contributed by atoms with Gasteiger partial charge in [0.2, 0.25) is 15.2 Å². The quantitative estimate of drug-likeness (QED) is 0.356. The highest BCUT2D eigenvalue weighted by Crippen LogP contribution is 2.30. The first-order chi connectivity index (χ1) is 16.4. The van der Waals surface area contributed by atoms with Crippen molar-refractivity contribution in [3.05, 3.63) is 53.4 Å². The van der Waals surface area contributed by atoms with Gasteiger partial charge in [-0.25, -0.2) is 13.4 Å². The average Bonchev–Trinajstić information content (AvgIpc) is 3.33. The van der Waals surface area contributed by atoms with E-state index in [1.165, 1.54) is 11.3 Å². The molecule has 4 rings (SSSR count). The zero-order valence-corrected chi connectivity index (χ0v) is 21.0. The van der Waals surface area contributed by atoms with E-state index in [1.807, 2.05) is 29.6 Å². The maximum absolute atomic E-state index is 13.1. The Balaban J connectivity index is 1.47. The van der Waals surface area contributed by atoms with Crippen molar-refractivity contribution in [3.8, 4) is 22.8 Å². The molecule has 1 aliphatic heterocycles. The first kappa shape index (κ1) is 24.2. The number of benzene rings is 2. The maximum Gasteiger partial charge on any atom is 0.243 e. The van der Waals surface area contributed by atoms with Crippen molar-refractivity contribution >= 4 is 32.7 Å². The molecule has 1 atom stereocenters. The molecule has 0 saturated carbocycles. The van der Waals surface area contributed by atoms with Crippen LogP contribution in [0.3, 0.4) is 0 Å². The Morgan fingerprint density at radius 1 is 1.18 bits per heavy atom. The van der Waals surface area contributed by atoms with Gasteiger partial charge in [0.1, 0.15) is 0 Å². The fourth-order valence-corrected chi connectivity index (χ4v) is 6.20. The lowest BCUT2D eigenvalue weighted by Gasteiger charge is -2.30. The van der Waals surface area contributed by atoms with E-state index >= 15 is 0 Å². The van der Waals surface area contributed by atoms with Crippen LogP contribution in [0.5, 0.6) is 11.5 Å². The minimum absolute atomic E-state index is 0.299. The number of nitrogens with zero attached hydrogens (tertiary/aromatic N) is 3. The van der Waals surface area contributed by atoms with E-state index < -0.39 is 10.0 Å². The van der Waals surface area contributed by atoms with Crippen LogP contribution in [-0.4, -0.2) is 51.2 Å². The lowest BCUT2D eigenvalue weighted by atomic mass is 10.0. The fourth-order valence-electron chi connectivity index (χ4n) is 3.88. The van der Waals surface area contributed by atoms with Crippen molar-refractivity contribution in [2.75, 3.05) is 32.7 Å². The summed E-state index contributed by atoms with van der Waals surface area (Å²) in [6, 6.07) is 12.5. The van der Waals surface area contributed by atoms with Crippen LogP contribution in [0.4, 0.5) is 5.13 Å². The van der Waals surface area contributed by atoms with Crippen LogP contribution in [-0.2, 0) is 10.0 Å². The molecule has 0 bridgehead atoms. The number of rotatable bonds is 8. The van der Waals surface area contributed by atoms with Gasteiger partial charge in [0.05, 0.1) is 31.0 Å². The number of aromatic nitrogens is 1. The molecule has 1 fully saturated rings. The minimum atomic E-state index is -3.52. The number of nitrogens with one attached hydrogen (secondary N) is 1. The number of thiazole rings is 1. The zero-order chi connectivity index (χ0) is 24.1. The Labute approximate surface area is 204 Å². The van der Waals surface area contributed by atoms with Crippen molar-refractivity contribution in [2.24, 2.45) is 11.0 Å². The molecule has 0 radical (unpaired) electrons. The minimum Gasteiger partial charge on any atom is -0.493 e. The highest BCUT2D eigenvalue weighted by Gasteiger charge is 2.28. The largest absolute Gasteiger partial charge is 0.493 e. The molecule has 1 unspecified atom stereocenters.